The van der Waals surface area contributed by atoms with E-state index in [4.69, 9.17) is 9.47 Å². The zero-order chi connectivity index (χ0) is 20.8. The van der Waals surface area contributed by atoms with Crippen LogP contribution in [0.15, 0.2) is 60.8 Å². The van der Waals surface area contributed by atoms with Crippen LogP contribution in [0, 0.1) is 0 Å². The number of aromatic nitrogens is 1. The van der Waals surface area contributed by atoms with Gasteiger partial charge in [-0.1, -0.05) is 12.1 Å². The molecule has 1 aliphatic rings. The second-order valence-corrected chi connectivity index (χ2v) is 7.52. The van der Waals surface area contributed by atoms with E-state index in [-0.39, 0.29) is 29.1 Å². The molecule has 0 aliphatic carbocycles. The monoisotopic (exact) mass is 403 g/mol. The molecule has 0 bridgehead atoms. The number of aromatic hydroxyl groups is 3. The number of hydrogen-bond donors (Lipinski definition) is 4. The highest BCUT2D eigenvalue weighted by molar-refractivity contribution is 5.85. The Hall–Kier alpha value is -3.80. The summed E-state index contributed by atoms with van der Waals surface area (Å²) in [6.45, 7) is 0.415. The van der Waals surface area contributed by atoms with Crippen molar-refractivity contribution in [2.75, 3.05) is 13.7 Å². The quantitative estimate of drug-likeness (QED) is 0.401. The molecule has 5 rings (SSSR count). The molecule has 30 heavy (non-hydrogen) atoms. The van der Waals surface area contributed by atoms with E-state index in [0.717, 1.165) is 27.6 Å². The molecule has 3 aromatic carbocycles. The smallest absolute Gasteiger partial charge is 0.160 e. The first-order chi connectivity index (χ1) is 14.5. The van der Waals surface area contributed by atoms with Crippen molar-refractivity contribution >= 4 is 10.9 Å². The Balaban J connectivity index is 1.70. The number of phenolic OH excluding ortho intramolecular Hbond substituents is 3. The van der Waals surface area contributed by atoms with Crippen LogP contribution in [0.2, 0.25) is 0 Å². The van der Waals surface area contributed by atoms with Crippen LogP contribution < -0.4 is 9.47 Å². The number of fused-ring (bicyclic) bond motifs is 2. The lowest BCUT2D eigenvalue weighted by Gasteiger charge is -2.34. The van der Waals surface area contributed by atoms with Gasteiger partial charge >= 0.3 is 0 Å². The summed E-state index contributed by atoms with van der Waals surface area (Å²) in [7, 11) is 1.53. The van der Waals surface area contributed by atoms with Gasteiger partial charge in [-0.2, -0.15) is 0 Å². The van der Waals surface area contributed by atoms with Crippen LogP contribution in [0.4, 0.5) is 0 Å². The number of rotatable bonds is 3. The van der Waals surface area contributed by atoms with E-state index in [9.17, 15) is 15.3 Å². The summed E-state index contributed by atoms with van der Waals surface area (Å²) in [6, 6.07) is 15.8. The largest absolute Gasteiger partial charge is 0.508 e. The number of nitrogens with one attached hydrogen (secondary N) is 1. The molecular weight excluding hydrogens is 382 g/mol. The first-order valence-electron chi connectivity index (χ1n) is 9.68. The number of phenols is 3. The van der Waals surface area contributed by atoms with Crippen LogP contribution in [0.3, 0.4) is 0 Å². The summed E-state index contributed by atoms with van der Waals surface area (Å²) < 4.78 is 11.4. The molecule has 2 unspecified atom stereocenters. The van der Waals surface area contributed by atoms with E-state index in [2.05, 4.69) is 4.98 Å². The molecule has 152 valence electrons. The molecule has 0 saturated carbocycles. The molecule has 1 aromatic heterocycles. The third-order valence-corrected chi connectivity index (χ3v) is 5.81. The Morgan fingerprint density at radius 2 is 1.73 bits per heavy atom. The van der Waals surface area contributed by atoms with Gasteiger partial charge in [0.1, 0.15) is 17.2 Å². The Bertz CT molecular complexity index is 1250. The molecule has 0 radical (unpaired) electrons. The van der Waals surface area contributed by atoms with Crippen molar-refractivity contribution < 1.29 is 24.8 Å². The Labute approximate surface area is 173 Å². The Kier molecular flexibility index (Phi) is 4.20. The second-order valence-electron chi connectivity index (χ2n) is 7.52. The predicted octanol–water partition coefficient (Wildman–Crippen LogP) is 4.60. The summed E-state index contributed by atoms with van der Waals surface area (Å²) in [5.41, 5.74) is 3.84. The summed E-state index contributed by atoms with van der Waals surface area (Å²) in [5.74, 6) is 1.36. The third-order valence-electron chi connectivity index (χ3n) is 5.81. The molecule has 1 aliphatic heterocycles. The normalized spacial score (nSPS) is 18.0. The van der Waals surface area contributed by atoms with Crippen molar-refractivity contribution in [2.45, 2.75) is 11.8 Å². The molecule has 2 heterocycles. The minimum Gasteiger partial charge on any atom is -0.508 e. The van der Waals surface area contributed by atoms with Crippen molar-refractivity contribution in [3.8, 4) is 28.7 Å². The fourth-order valence-corrected chi connectivity index (χ4v) is 4.41. The molecule has 4 aromatic rings. The summed E-state index contributed by atoms with van der Waals surface area (Å²) in [4.78, 5) is 3.24. The zero-order valence-electron chi connectivity index (χ0n) is 16.3. The van der Waals surface area contributed by atoms with Gasteiger partial charge in [-0.05, 0) is 41.5 Å². The first kappa shape index (κ1) is 18.2. The maximum Gasteiger partial charge on any atom is 0.160 e. The van der Waals surface area contributed by atoms with Gasteiger partial charge in [-0.3, -0.25) is 0 Å². The second kappa shape index (κ2) is 6.91. The molecule has 0 spiro atoms. The van der Waals surface area contributed by atoms with Crippen LogP contribution in [-0.4, -0.2) is 34.0 Å². The highest BCUT2D eigenvalue weighted by Gasteiger charge is 2.35. The first-order valence-corrected chi connectivity index (χ1v) is 9.68. The van der Waals surface area contributed by atoms with Gasteiger partial charge in [-0.15, -0.1) is 0 Å². The number of benzene rings is 3. The Morgan fingerprint density at radius 1 is 0.933 bits per heavy atom. The molecule has 2 atom stereocenters. The fraction of sp³-hybridized carbons (Fsp3) is 0.167. The molecule has 6 nitrogen and oxygen atoms in total. The number of methoxy groups -OCH3 is 1. The standard InChI is InChI=1S/C24H21NO5/c1-29-23-8-13(2-7-21(23)28)24-17-6-4-15(27)10-22(17)30-12-19(24)18-11-25-20-9-14(26)3-5-16(18)20/h2-11,19,24-28H,12H2,1H3. The van der Waals surface area contributed by atoms with Crippen molar-refractivity contribution in [1.29, 1.82) is 0 Å². The number of hydrogen-bond acceptors (Lipinski definition) is 5. The topological polar surface area (TPSA) is 94.9 Å². The summed E-state index contributed by atoms with van der Waals surface area (Å²) >= 11 is 0. The predicted molar refractivity (Wildman–Crippen MR) is 113 cm³/mol. The molecule has 0 saturated heterocycles. The lowest BCUT2D eigenvalue weighted by atomic mass is 9.75. The lowest BCUT2D eigenvalue weighted by molar-refractivity contribution is 0.248. The average Bonchev–Trinajstić information content (AvgIpc) is 3.16. The van der Waals surface area contributed by atoms with E-state index in [0.29, 0.717) is 18.1 Å². The number of aromatic amines is 1. The van der Waals surface area contributed by atoms with E-state index in [1.165, 1.54) is 7.11 Å². The number of H-pyrrole nitrogens is 1. The van der Waals surface area contributed by atoms with E-state index >= 15 is 0 Å². The van der Waals surface area contributed by atoms with Crippen LogP contribution in [0.25, 0.3) is 10.9 Å². The third kappa shape index (κ3) is 2.88. The van der Waals surface area contributed by atoms with Gasteiger partial charge in [-0.25, -0.2) is 0 Å². The van der Waals surface area contributed by atoms with Gasteiger partial charge in [0.2, 0.25) is 0 Å². The van der Waals surface area contributed by atoms with Crippen LogP contribution >= 0.6 is 0 Å². The highest BCUT2D eigenvalue weighted by atomic mass is 16.5. The molecule has 4 N–H and O–H groups in total. The van der Waals surface area contributed by atoms with Gasteiger partial charge in [0, 0.05) is 46.6 Å². The van der Waals surface area contributed by atoms with Crippen molar-refractivity contribution in [2.24, 2.45) is 0 Å². The number of ether oxygens (including phenoxy) is 2. The average molecular weight is 403 g/mol. The lowest BCUT2D eigenvalue weighted by Crippen LogP contribution is -2.25. The van der Waals surface area contributed by atoms with Crippen LogP contribution in [-0.2, 0) is 0 Å². The zero-order valence-corrected chi connectivity index (χ0v) is 16.3. The Morgan fingerprint density at radius 3 is 2.57 bits per heavy atom. The van der Waals surface area contributed by atoms with E-state index in [1.807, 2.05) is 30.5 Å². The SMILES string of the molecule is COc1cc(C2c3ccc(O)cc3OCC2c2c[nH]c3cc(O)ccc23)ccc1O. The fourth-order valence-electron chi connectivity index (χ4n) is 4.41. The summed E-state index contributed by atoms with van der Waals surface area (Å²) in [5, 5.41) is 30.8. The van der Waals surface area contributed by atoms with Gasteiger partial charge in [0.25, 0.3) is 0 Å². The molecular formula is C24H21NO5. The van der Waals surface area contributed by atoms with Crippen molar-refractivity contribution in [1.82, 2.24) is 4.98 Å². The van der Waals surface area contributed by atoms with Crippen molar-refractivity contribution in [3.05, 3.63) is 77.5 Å². The van der Waals surface area contributed by atoms with E-state index in [1.54, 1.807) is 30.3 Å². The van der Waals surface area contributed by atoms with E-state index < -0.39 is 0 Å². The maximum absolute atomic E-state index is 10.1. The minimum atomic E-state index is -0.0864. The molecule has 0 fully saturated rings. The van der Waals surface area contributed by atoms with Gasteiger partial charge in [0.05, 0.1) is 13.7 Å². The van der Waals surface area contributed by atoms with Gasteiger partial charge in [0.15, 0.2) is 11.5 Å². The highest BCUT2D eigenvalue weighted by Crippen LogP contribution is 2.49. The van der Waals surface area contributed by atoms with Crippen molar-refractivity contribution in [3.63, 3.8) is 0 Å². The molecule has 0 amide bonds. The minimum absolute atomic E-state index is 0.0328. The maximum atomic E-state index is 10.1. The van der Waals surface area contributed by atoms with Gasteiger partial charge < -0.3 is 29.8 Å². The van der Waals surface area contributed by atoms with Crippen LogP contribution in [0.1, 0.15) is 28.5 Å². The summed E-state index contributed by atoms with van der Waals surface area (Å²) in [6.07, 6.45) is 1.95. The van der Waals surface area contributed by atoms with Crippen LogP contribution in [0.5, 0.6) is 28.7 Å². The molecule has 6 heteroatoms.